The number of hydrogen-bond acceptors (Lipinski definition) is 8. The Balaban J connectivity index is 4.24. The van der Waals surface area contributed by atoms with Crippen LogP contribution in [0.2, 0.25) is 0 Å². The molecule has 9 nitrogen and oxygen atoms in total. The third-order valence-electron chi connectivity index (χ3n) is 12.2. The van der Waals surface area contributed by atoms with Gasteiger partial charge in [-0.3, -0.25) is 14.2 Å². The number of carbonyl (C=O) groups is 2. The molecule has 0 aliphatic rings. The number of nitrogens with zero attached hydrogens (tertiary/aromatic N) is 1. The zero-order valence-electron chi connectivity index (χ0n) is 48.4. The van der Waals surface area contributed by atoms with Gasteiger partial charge in [0.15, 0.2) is 6.10 Å². The average molecular weight is 1060 g/mol. The summed E-state index contributed by atoms with van der Waals surface area (Å²) < 4.78 is 34.1. The Morgan fingerprint density at radius 3 is 1.15 bits per heavy atom. The van der Waals surface area contributed by atoms with Crippen molar-refractivity contribution in [1.82, 2.24) is 0 Å². The molecule has 2 unspecified atom stereocenters. The van der Waals surface area contributed by atoms with Crippen LogP contribution in [0.3, 0.4) is 0 Å². The van der Waals surface area contributed by atoms with Crippen LogP contribution in [0.1, 0.15) is 226 Å². The molecule has 0 aliphatic carbocycles. The predicted molar refractivity (Wildman–Crippen MR) is 318 cm³/mol. The second-order valence-electron chi connectivity index (χ2n) is 20.6. The van der Waals surface area contributed by atoms with E-state index >= 15 is 0 Å². The second kappa shape index (κ2) is 55.2. The maximum atomic E-state index is 12.8. The lowest BCUT2D eigenvalue weighted by molar-refractivity contribution is -0.870. The maximum absolute atomic E-state index is 12.8. The molecule has 0 fully saturated rings. The Morgan fingerprint density at radius 2 is 0.760 bits per heavy atom. The molecule has 0 radical (unpaired) electrons. The molecule has 0 saturated heterocycles. The molecule has 75 heavy (non-hydrogen) atoms. The minimum Gasteiger partial charge on any atom is -0.756 e. The molecule has 0 N–H and O–H groups in total. The van der Waals surface area contributed by atoms with Gasteiger partial charge in [0.05, 0.1) is 27.7 Å². The van der Waals surface area contributed by atoms with E-state index in [-0.39, 0.29) is 26.1 Å². The van der Waals surface area contributed by atoms with E-state index in [1.54, 1.807) is 0 Å². The van der Waals surface area contributed by atoms with E-state index in [0.717, 1.165) is 122 Å². The van der Waals surface area contributed by atoms with Gasteiger partial charge in [-0.15, -0.1) is 0 Å². The molecule has 0 aliphatic heterocycles. The number of likely N-dealkylation sites (N-methyl/N-ethyl adjacent to an activating group) is 1. The summed E-state index contributed by atoms with van der Waals surface area (Å²) >= 11 is 0. The third kappa shape index (κ3) is 59.5. The predicted octanol–water partition coefficient (Wildman–Crippen LogP) is 18.1. The summed E-state index contributed by atoms with van der Waals surface area (Å²) in [5, 5.41) is 0. The van der Waals surface area contributed by atoms with Crippen molar-refractivity contribution in [3.05, 3.63) is 122 Å². The van der Waals surface area contributed by atoms with Gasteiger partial charge in [-0.25, -0.2) is 0 Å². The highest BCUT2D eigenvalue weighted by atomic mass is 31.2. The number of hydrogen-bond donors (Lipinski definition) is 0. The van der Waals surface area contributed by atoms with Crippen LogP contribution in [-0.4, -0.2) is 70.0 Å². The summed E-state index contributed by atoms with van der Waals surface area (Å²) in [7, 11) is 1.13. The Labute approximate surface area is 460 Å². The van der Waals surface area contributed by atoms with Crippen LogP contribution in [0, 0.1) is 0 Å². The van der Waals surface area contributed by atoms with Gasteiger partial charge in [-0.05, 0) is 109 Å². The summed E-state index contributed by atoms with van der Waals surface area (Å²) in [5.41, 5.74) is 0. The Hall–Kier alpha value is -3.59. The van der Waals surface area contributed by atoms with Crippen molar-refractivity contribution >= 4 is 19.8 Å². The number of esters is 2. The number of phosphoric ester groups is 1. The highest BCUT2D eigenvalue weighted by Crippen LogP contribution is 2.38. The van der Waals surface area contributed by atoms with Gasteiger partial charge in [-0.1, -0.05) is 225 Å². The van der Waals surface area contributed by atoms with Gasteiger partial charge in [0, 0.05) is 12.8 Å². The number of phosphoric acid groups is 1. The number of ether oxygens (including phenoxy) is 2. The normalized spacial score (nSPS) is 14.2. The Bertz CT molecular complexity index is 1680. The minimum absolute atomic E-state index is 0.0418. The smallest absolute Gasteiger partial charge is 0.306 e. The van der Waals surface area contributed by atoms with Gasteiger partial charge >= 0.3 is 11.9 Å². The highest BCUT2D eigenvalue weighted by molar-refractivity contribution is 7.45. The van der Waals surface area contributed by atoms with E-state index in [4.69, 9.17) is 18.5 Å². The molecular formula is C65H110NO8P. The van der Waals surface area contributed by atoms with Gasteiger partial charge < -0.3 is 27.9 Å². The highest BCUT2D eigenvalue weighted by Gasteiger charge is 2.21. The molecule has 0 amide bonds. The first kappa shape index (κ1) is 71.4. The molecule has 0 bridgehead atoms. The van der Waals surface area contributed by atoms with Crippen molar-refractivity contribution in [2.75, 3.05) is 47.5 Å². The lowest BCUT2D eigenvalue weighted by atomic mass is 10.1. The van der Waals surface area contributed by atoms with Crippen LogP contribution >= 0.6 is 7.82 Å². The van der Waals surface area contributed by atoms with Crippen molar-refractivity contribution < 1.29 is 42.1 Å². The molecule has 2 atom stereocenters. The molecule has 0 spiro atoms. The summed E-state index contributed by atoms with van der Waals surface area (Å²) in [5.74, 6) is -0.867. The number of rotatable bonds is 53. The van der Waals surface area contributed by atoms with Crippen LogP contribution in [0.5, 0.6) is 0 Å². The largest absolute Gasteiger partial charge is 0.756 e. The van der Waals surface area contributed by atoms with E-state index in [2.05, 4.69) is 135 Å². The van der Waals surface area contributed by atoms with Gasteiger partial charge in [0.25, 0.3) is 7.82 Å². The van der Waals surface area contributed by atoms with E-state index in [0.29, 0.717) is 17.4 Å². The zero-order valence-corrected chi connectivity index (χ0v) is 49.3. The van der Waals surface area contributed by atoms with Crippen molar-refractivity contribution in [2.24, 2.45) is 0 Å². The summed E-state index contributed by atoms with van der Waals surface area (Å²) in [6, 6.07) is 0. The Morgan fingerprint density at radius 1 is 0.427 bits per heavy atom. The quantitative estimate of drug-likeness (QED) is 0.0195. The standard InChI is InChI=1S/C65H110NO8P/c1-6-8-10-12-14-16-18-20-22-24-26-27-28-29-30-31-32-33-34-35-36-37-38-39-40-42-44-46-48-50-52-54-56-58-65(68)74-63(62-73-75(69,70)72-60-59-66(3,4)5)61-71-64(67)57-55-53-51-49-47-45-43-41-25-23-21-19-17-15-13-11-9-7-2/h8,10,14,16,20,22-23,25-27,29-30,32-33,35-36,38-39,42,44,63H,6-7,9,11-13,15,17-19,21,24,28,31,34,37,40-41,43,45-62H2,1-5H3/b10-8-,16-14-,22-20-,25-23-,27-26-,30-29-,33-32-,36-35-,39-38-,44-42-. The molecule has 0 aromatic carbocycles. The van der Waals surface area contributed by atoms with Gasteiger partial charge in [0.1, 0.15) is 19.8 Å². The van der Waals surface area contributed by atoms with Gasteiger partial charge in [-0.2, -0.15) is 0 Å². The SMILES string of the molecule is CC/C=C\C/C=C\C/C=C\C/C=C\C/C=C\C/C=C\C/C=C\C/C=C\C/C=C\CCCCCCCC(=O)OC(COC(=O)CCCCCCCCC/C=C\CCCCCCCCC)COP(=O)([O-])OCC[N+](C)(C)C. The van der Waals surface area contributed by atoms with Crippen molar-refractivity contribution in [1.29, 1.82) is 0 Å². The summed E-state index contributed by atoms with van der Waals surface area (Å²) in [6.45, 7) is 4.09. The van der Waals surface area contributed by atoms with Crippen LogP contribution in [0.15, 0.2) is 122 Å². The molecule has 10 heteroatoms. The molecule has 428 valence electrons. The second-order valence-corrected chi connectivity index (χ2v) is 22.0. The molecule has 0 saturated carbocycles. The lowest BCUT2D eigenvalue weighted by Crippen LogP contribution is -2.37. The fourth-order valence-corrected chi connectivity index (χ4v) is 8.37. The van der Waals surface area contributed by atoms with Crippen LogP contribution in [0.4, 0.5) is 0 Å². The van der Waals surface area contributed by atoms with Crippen LogP contribution < -0.4 is 4.89 Å². The fraction of sp³-hybridized carbons (Fsp3) is 0.662. The van der Waals surface area contributed by atoms with E-state index in [1.807, 2.05) is 21.1 Å². The Kier molecular flexibility index (Phi) is 52.5. The monoisotopic (exact) mass is 1060 g/mol. The molecular weight excluding hydrogens is 954 g/mol. The third-order valence-corrected chi connectivity index (χ3v) is 13.2. The first-order chi connectivity index (χ1) is 36.5. The molecule has 0 rings (SSSR count). The zero-order chi connectivity index (χ0) is 54.9. The average Bonchev–Trinajstić information content (AvgIpc) is 3.37. The number of unbranched alkanes of at least 4 members (excludes halogenated alkanes) is 19. The van der Waals surface area contributed by atoms with E-state index in [1.165, 1.54) is 70.6 Å². The molecule has 0 heterocycles. The van der Waals surface area contributed by atoms with E-state index < -0.39 is 32.5 Å². The van der Waals surface area contributed by atoms with Gasteiger partial charge in [0.2, 0.25) is 0 Å². The number of quaternary nitrogens is 1. The van der Waals surface area contributed by atoms with Crippen molar-refractivity contribution in [3.63, 3.8) is 0 Å². The molecule has 0 aromatic rings. The first-order valence-electron chi connectivity index (χ1n) is 29.7. The van der Waals surface area contributed by atoms with Crippen molar-refractivity contribution in [3.8, 4) is 0 Å². The van der Waals surface area contributed by atoms with Crippen LogP contribution in [0.25, 0.3) is 0 Å². The maximum Gasteiger partial charge on any atom is 0.306 e. The van der Waals surface area contributed by atoms with Crippen molar-refractivity contribution in [2.45, 2.75) is 232 Å². The lowest BCUT2D eigenvalue weighted by Gasteiger charge is -2.28. The number of carbonyl (C=O) groups excluding carboxylic acids is 2. The van der Waals surface area contributed by atoms with E-state index in [9.17, 15) is 19.0 Å². The summed E-state index contributed by atoms with van der Waals surface area (Å²) in [4.78, 5) is 37.9. The fourth-order valence-electron chi connectivity index (χ4n) is 7.64. The minimum atomic E-state index is -4.65. The topological polar surface area (TPSA) is 111 Å². The molecule has 0 aromatic heterocycles. The van der Waals surface area contributed by atoms with Crippen LogP contribution in [-0.2, 0) is 32.7 Å². The number of allylic oxidation sites excluding steroid dienone is 20. The summed E-state index contributed by atoms with van der Waals surface area (Å²) in [6.07, 6.45) is 78.1. The first-order valence-corrected chi connectivity index (χ1v) is 31.2.